The molecule has 0 aliphatic heterocycles. The minimum Gasteiger partial charge on any atom is -0.325 e. The lowest BCUT2D eigenvalue weighted by Gasteiger charge is -2.14. The molecule has 1 unspecified atom stereocenters. The van der Waals surface area contributed by atoms with Crippen molar-refractivity contribution in [2.45, 2.75) is 19.1 Å². The molecule has 16 heavy (non-hydrogen) atoms. The first kappa shape index (κ1) is 13.3. The highest BCUT2D eigenvalue weighted by Gasteiger charge is 2.17. The van der Waals surface area contributed by atoms with Crippen LogP contribution in [0.15, 0.2) is 18.2 Å². The molecule has 88 valence electrons. The van der Waals surface area contributed by atoms with Gasteiger partial charge in [0.05, 0.1) is 10.3 Å². The number of nitrogens with one attached hydrogen (secondary N) is 1. The summed E-state index contributed by atoms with van der Waals surface area (Å²) in [4.78, 5) is 11.6. The highest BCUT2D eigenvalue weighted by molar-refractivity contribution is 7.81. The zero-order valence-corrected chi connectivity index (χ0v) is 10.6. The van der Waals surface area contributed by atoms with Crippen LogP contribution in [-0.4, -0.2) is 11.2 Å². The Bertz CT molecular complexity index is 398. The molecule has 1 N–H and O–H groups in total. The smallest absolute Gasteiger partial charge is 0.237 e. The average molecular weight is 262 g/mol. The maximum Gasteiger partial charge on any atom is 0.237 e. The van der Waals surface area contributed by atoms with Gasteiger partial charge in [0, 0.05) is 5.69 Å². The SMILES string of the molecule is CC(C)C(S)C(=O)Nc1ccc(Cl)c(F)c1. The van der Waals surface area contributed by atoms with E-state index in [1.54, 1.807) is 6.07 Å². The molecule has 0 heterocycles. The fraction of sp³-hybridized carbons (Fsp3) is 0.364. The van der Waals surface area contributed by atoms with Crippen molar-refractivity contribution in [3.8, 4) is 0 Å². The number of hydrogen-bond donors (Lipinski definition) is 2. The van der Waals surface area contributed by atoms with E-state index in [4.69, 9.17) is 11.6 Å². The van der Waals surface area contributed by atoms with E-state index in [9.17, 15) is 9.18 Å². The zero-order valence-electron chi connectivity index (χ0n) is 9.00. The Kier molecular flexibility index (Phi) is 4.62. The molecule has 1 amide bonds. The van der Waals surface area contributed by atoms with Crippen molar-refractivity contribution in [1.82, 2.24) is 0 Å². The molecular formula is C11H13ClFNOS. The summed E-state index contributed by atoms with van der Waals surface area (Å²) in [5.74, 6) is -0.694. The summed E-state index contributed by atoms with van der Waals surface area (Å²) in [5.41, 5.74) is 0.381. The van der Waals surface area contributed by atoms with E-state index in [1.165, 1.54) is 12.1 Å². The van der Waals surface area contributed by atoms with Gasteiger partial charge in [0.1, 0.15) is 5.82 Å². The van der Waals surface area contributed by atoms with Gasteiger partial charge in [0.15, 0.2) is 0 Å². The Morgan fingerprint density at radius 2 is 2.12 bits per heavy atom. The first-order chi connectivity index (χ1) is 7.41. The van der Waals surface area contributed by atoms with Crippen LogP contribution in [0.3, 0.4) is 0 Å². The number of halogens is 2. The summed E-state index contributed by atoms with van der Waals surface area (Å²) in [6.45, 7) is 3.78. The molecule has 0 spiro atoms. The second kappa shape index (κ2) is 5.55. The predicted octanol–water partition coefficient (Wildman–Crippen LogP) is 3.37. The van der Waals surface area contributed by atoms with Crippen LogP contribution in [-0.2, 0) is 4.79 Å². The third-order valence-corrected chi connectivity index (χ3v) is 3.22. The van der Waals surface area contributed by atoms with Gasteiger partial charge in [0.25, 0.3) is 0 Å². The van der Waals surface area contributed by atoms with Crippen LogP contribution in [0.2, 0.25) is 5.02 Å². The van der Waals surface area contributed by atoms with E-state index in [1.807, 2.05) is 13.8 Å². The van der Waals surface area contributed by atoms with Crippen LogP contribution in [0.1, 0.15) is 13.8 Å². The number of carbonyl (C=O) groups is 1. The van der Waals surface area contributed by atoms with E-state index in [0.29, 0.717) is 5.69 Å². The highest BCUT2D eigenvalue weighted by Crippen LogP contribution is 2.19. The molecule has 1 rings (SSSR count). The third kappa shape index (κ3) is 3.39. The number of anilines is 1. The Balaban J connectivity index is 2.74. The fourth-order valence-corrected chi connectivity index (χ4v) is 1.27. The lowest BCUT2D eigenvalue weighted by Crippen LogP contribution is -2.27. The van der Waals surface area contributed by atoms with Crippen LogP contribution < -0.4 is 5.32 Å². The summed E-state index contributed by atoms with van der Waals surface area (Å²) < 4.78 is 13.1. The number of thiol groups is 1. The predicted molar refractivity (Wildman–Crippen MR) is 67.7 cm³/mol. The molecule has 0 fully saturated rings. The van der Waals surface area contributed by atoms with E-state index in [2.05, 4.69) is 17.9 Å². The molecule has 1 aromatic carbocycles. The summed E-state index contributed by atoms with van der Waals surface area (Å²) in [7, 11) is 0. The van der Waals surface area contributed by atoms with Crippen LogP contribution in [0, 0.1) is 11.7 Å². The van der Waals surface area contributed by atoms with Gasteiger partial charge >= 0.3 is 0 Å². The molecule has 0 aliphatic rings. The number of carbonyl (C=O) groups excluding carboxylic acids is 1. The molecule has 2 nitrogen and oxygen atoms in total. The van der Waals surface area contributed by atoms with Gasteiger partial charge < -0.3 is 5.32 Å². The number of amides is 1. The number of benzene rings is 1. The van der Waals surface area contributed by atoms with Crippen LogP contribution >= 0.6 is 24.2 Å². The first-order valence-corrected chi connectivity index (χ1v) is 5.75. The van der Waals surface area contributed by atoms with Gasteiger partial charge in [-0.15, -0.1) is 0 Å². The van der Waals surface area contributed by atoms with Crippen molar-refractivity contribution in [3.05, 3.63) is 29.0 Å². The quantitative estimate of drug-likeness (QED) is 0.803. The van der Waals surface area contributed by atoms with Gasteiger partial charge in [-0.3, -0.25) is 4.79 Å². The van der Waals surface area contributed by atoms with E-state index in [0.717, 1.165) is 0 Å². The molecule has 0 saturated carbocycles. The van der Waals surface area contributed by atoms with Crippen molar-refractivity contribution in [2.75, 3.05) is 5.32 Å². The Morgan fingerprint density at radius 3 is 2.62 bits per heavy atom. The van der Waals surface area contributed by atoms with Crippen molar-refractivity contribution in [2.24, 2.45) is 5.92 Å². The topological polar surface area (TPSA) is 29.1 Å². The Morgan fingerprint density at radius 1 is 1.50 bits per heavy atom. The minimum absolute atomic E-state index is 0.0317. The van der Waals surface area contributed by atoms with Crippen molar-refractivity contribution in [1.29, 1.82) is 0 Å². The third-order valence-electron chi connectivity index (χ3n) is 2.09. The molecule has 0 radical (unpaired) electrons. The molecule has 0 bridgehead atoms. The van der Waals surface area contributed by atoms with Gasteiger partial charge in [-0.2, -0.15) is 12.6 Å². The van der Waals surface area contributed by atoms with E-state index >= 15 is 0 Å². The van der Waals surface area contributed by atoms with Gasteiger partial charge in [-0.1, -0.05) is 25.4 Å². The van der Waals surface area contributed by atoms with Crippen LogP contribution in [0.5, 0.6) is 0 Å². The van der Waals surface area contributed by atoms with Gasteiger partial charge in [-0.25, -0.2) is 4.39 Å². The summed E-state index contributed by atoms with van der Waals surface area (Å²) in [6, 6.07) is 4.13. The molecule has 5 heteroatoms. The minimum atomic E-state index is -0.556. The maximum absolute atomic E-state index is 13.1. The molecule has 1 atom stereocenters. The molecule has 1 aromatic rings. The van der Waals surface area contributed by atoms with Crippen molar-refractivity contribution in [3.63, 3.8) is 0 Å². The molecule has 0 aliphatic carbocycles. The monoisotopic (exact) mass is 261 g/mol. The summed E-state index contributed by atoms with van der Waals surface area (Å²) in [5, 5.41) is 2.19. The summed E-state index contributed by atoms with van der Waals surface area (Å²) in [6.07, 6.45) is 0. The molecular weight excluding hydrogens is 249 g/mol. The Labute approximate surface area is 105 Å². The molecule has 0 saturated heterocycles. The van der Waals surface area contributed by atoms with E-state index < -0.39 is 11.1 Å². The lowest BCUT2D eigenvalue weighted by atomic mass is 10.1. The van der Waals surface area contributed by atoms with Crippen LogP contribution in [0.25, 0.3) is 0 Å². The average Bonchev–Trinajstić information content (AvgIpc) is 2.22. The van der Waals surface area contributed by atoms with Crippen molar-refractivity contribution < 1.29 is 9.18 Å². The standard InChI is InChI=1S/C11H13ClFNOS/c1-6(2)10(16)11(15)14-7-3-4-8(12)9(13)5-7/h3-6,10,16H,1-2H3,(H,14,15). The Hall–Kier alpha value is -0.740. The first-order valence-electron chi connectivity index (χ1n) is 4.86. The van der Waals surface area contributed by atoms with Gasteiger partial charge in [0.2, 0.25) is 5.91 Å². The van der Waals surface area contributed by atoms with Gasteiger partial charge in [-0.05, 0) is 24.1 Å². The number of rotatable bonds is 3. The second-order valence-electron chi connectivity index (χ2n) is 3.81. The summed E-state index contributed by atoms with van der Waals surface area (Å²) >= 11 is 9.69. The zero-order chi connectivity index (χ0) is 12.3. The van der Waals surface area contributed by atoms with Crippen LogP contribution in [0.4, 0.5) is 10.1 Å². The highest BCUT2D eigenvalue weighted by atomic mass is 35.5. The molecule has 0 aromatic heterocycles. The number of hydrogen-bond acceptors (Lipinski definition) is 2. The lowest BCUT2D eigenvalue weighted by molar-refractivity contribution is -0.116. The fourth-order valence-electron chi connectivity index (χ4n) is 1.09. The van der Waals surface area contributed by atoms with E-state index in [-0.39, 0.29) is 16.8 Å². The van der Waals surface area contributed by atoms with Crippen molar-refractivity contribution >= 4 is 35.8 Å². The maximum atomic E-state index is 13.1. The largest absolute Gasteiger partial charge is 0.325 e. The normalized spacial score (nSPS) is 12.6. The second-order valence-corrected chi connectivity index (χ2v) is 4.77.